The average Bonchev–Trinajstić information content (AvgIpc) is 3.09. The number of amides is 1. The van der Waals surface area contributed by atoms with Gasteiger partial charge in [0.05, 0.1) is 19.4 Å². The molecule has 20 heavy (non-hydrogen) atoms. The molecule has 1 N–H and O–H groups in total. The third-order valence-electron chi connectivity index (χ3n) is 4.53. The van der Waals surface area contributed by atoms with Crippen LogP contribution in [0.4, 0.5) is 0 Å². The van der Waals surface area contributed by atoms with Crippen LogP contribution in [0.15, 0.2) is 22.8 Å². The summed E-state index contributed by atoms with van der Waals surface area (Å²) >= 11 is 0. The summed E-state index contributed by atoms with van der Waals surface area (Å²) < 4.78 is 5.30. The fraction of sp³-hybridized carbons (Fsp3) is 0.667. The Hall–Kier alpha value is -1.33. The normalized spacial score (nSPS) is 26.4. The van der Waals surface area contributed by atoms with Gasteiger partial charge in [0, 0.05) is 19.6 Å². The van der Waals surface area contributed by atoms with Crippen molar-refractivity contribution < 1.29 is 9.21 Å². The molecule has 110 valence electrons. The van der Waals surface area contributed by atoms with Crippen molar-refractivity contribution in [3.05, 3.63) is 24.2 Å². The number of nitrogens with zero attached hydrogens (tertiary/aromatic N) is 2. The van der Waals surface area contributed by atoms with Gasteiger partial charge in [-0.3, -0.25) is 9.69 Å². The molecule has 0 bridgehead atoms. The number of carbonyl (C=O) groups is 1. The van der Waals surface area contributed by atoms with E-state index < -0.39 is 0 Å². The summed E-state index contributed by atoms with van der Waals surface area (Å²) in [6.45, 7) is 4.26. The molecule has 3 heterocycles. The van der Waals surface area contributed by atoms with Crippen LogP contribution in [0.25, 0.3) is 0 Å². The van der Waals surface area contributed by atoms with Crippen LogP contribution < -0.4 is 5.32 Å². The first-order chi connectivity index (χ1) is 9.74. The summed E-state index contributed by atoms with van der Waals surface area (Å²) in [6, 6.07) is 4.30. The summed E-state index contributed by atoms with van der Waals surface area (Å²) in [5.74, 6) is 1.74. The number of piperidine rings is 1. The maximum Gasteiger partial charge on any atom is 0.236 e. The van der Waals surface area contributed by atoms with Gasteiger partial charge in [0.1, 0.15) is 5.76 Å². The van der Waals surface area contributed by atoms with Crippen molar-refractivity contribution in [3.8, 4) is 0 Å². The number of hydrogen-bond acceptors (Lipinski definition) is 4. The highest BCUT2D eigenvalue weighted by Crippen LogP contribution is 2.26. The van der Waals surface area contributed by atoms with Crippen LogP contribution in [-0.4, -0.2) is 55.0 Å². The second kappa shape index (κ2) is 5.97. The number of likely N-dealkylation sites (tertiary alicyclic amines) is 1. The monoisotopic (exact) mass is 277 g/mol. The Labute approximate surface area is 119 Å². The number of hydrogen-bond donors (Lipinski definition) is 1. The van der Waals surface area contributed by atoms with Crippen LogP contribution in [0.1, 0.15) is 18.6 Å². The van der Waals surface area contributed by atoms with E-state index in [4.69, 9.17) is 4.42 Å². The smallest absolute Gasteiger partial charge is 0.236 e. The van der Waals surface area contributed by atoms with Crippen LogP contribution in [0.3, 0.4) is 0 Å². The van der Waals surface area contributed by atoms with Crippen molar-refractivity contribution >= 4 is 5.91 Å². The number of fused-ring (bicyclic) bond motifs is 1. The second-order valence-electron chi connectivity index (χ2n) is 5.93. The van der Waals surface area contributed by atoms with Gasteiger partial charge >= 0.3 is 0 Å². The van der Waals surface area contributed by atoms with E-state index in [1.807, 2.05) is 19.2 Å². The van der Waals surface area contributed by atoms with Crippen LogP contribution in [0.2, 0.25) is 0 Å². The lowest BCUT2D eigenvalue weighted by Gasteiger charge is -2.37. The van der Waals surface area contributed by atoms with Crippen LogP contribution in [0.5, 0.6) is 0 Å². The number of nitrogens with one attached hydrogen (secondary N) is 1. The Balaban J connectivity index is 1.55. The van der Waals surface area contributed by atoms with Crippen LogP contribution >= 0.6 is 0 Å². The van der Waals surface area contributed by atoms with Crippen molar-refractivity contribution in [2.75, 3.05) is 33.2 Å². The minimum Gasteiger partial charge on any atom is -0.467 e. The fourth-order valence-corrected chi connectivity index (χ4v) is 3.38. The molecular formula is C15H23N3O2. The molecule has 2 atom stereocenters. The van der Waals surface area contributed by atoms with E-state index in [0.717, 1.165) is 31.3 Å². The molecule has 0 radical (unpaired) electrons. The maximum atomic E-state index is 12.3. The van der Waals surface area contributed by atoms with E-state index in [9.17, 15) is 4.79 Å². The molecule has 1 amide bonds. The van der Waals surface area contributed by atoms with E-state index in [-0.39, 0.29) is 5.91 Å². The molecule has 5 heteroatoms. The lowest BCUT2D eigenvalue weighted by molar-refractivity contribution is -0.133. The molecule has 5 nitrogen and oxygen atoms in total. The van der Waals surface area contributed by atoms with Crippen LogP contribution in [-0.2, 0) is 11.3 Å². The number of furan rings is 1. The summed E-state index contributed by atoms with van der Waals surface area (Å²) in [4.78, 5) is 16.5. The van der Waals surface area contributed by atoms with Crippen molar-refractivity contribution in [3.63, 3.8) is 0 Å². The Morgan fingerprint density at radius 2 is 2.45 bits per heavy atom. The van der Waals surface area contributed by atoms with Crippen molar-refractivity contribution in [2.24, 2.45) is 5.92 Å². The van der Waals surface area contributed by atoms with E-state index in [0.29, 0.717) is 19.1 Å². The largest absolute Gasteiger partial charge is 0.467 e. The molecule has 2 unspecified atom stereocenters. The topological polar surface area (TPSA) is 48.7 Å². The Bertz CT molecular complexity index is 446. The molecule has 0 spiro atoms. The Morgan fingerprint density at radius 3 is 3.25 bits per heavy atom. The van der Waals surface area contributed by atoms with Gasteiger partial charge in [0.2, 0.25) is 5.91 Å². The quantitative estimate of drug-likeness (QED) is 0.889. The second-order valence-corrected chi connectivity index (χ2v) is 5.93. The van der Waals surface area contributed by atoms with E-state index in [1.54, 1.807) is 11.2 Å². The molecule has 0 saturated carbocycles. The lowest BCUT2D eigenvalue weighted by Crippen LogP contribution is -2.49. The maximum absolute atomic E-state index is 12.3. The third kappa shape index (κ3) is 2.88. The highest BCUT2D eigenvalue weighted by molar-refractivity contribution is 5.78. The van der Waals surface area contributed by atoms with Crippen molar-refractivity contribution in [1.82, 2.24) is 15.1 Å². The van der Waals surface area contributed by atoms with Gasteiger partial charge in [-0.15, -0.1) is 0 Å². The van der Waals surface area contributed by atoms with Gasteiger partial charge in [-0.25, -0.2) is 0 Å². The van der Waals surface area contributed by atoms with Gasteiger partial charge in [-0.05, 0) is 44.0 Å². The molecule has 0 aromatic carbocycles. The first kappa shape index (κ1) is 13.6. The standard InChI is InChI=1S/C15H23N3O2/c1-17(10-13-5-3-7-20-13)15(19)11-18-6-2-4-12-8-16-9-14(12)18/h3,5,7,12,14,16H,2,4,6,8-11H2,1H3. The molecule has 1 aromatic heterocycles. The summed E-state index contributed by atoms with van der Waals surface area (Å²) in [6.07, 6.45) is 4.15. The highest BCUT2D eigenvalue weighted by Gasteiger charge is 2.35. The van der Waals surface area contributed by atoms with Gasteiger partial charge in [-0.1, -0.05) is 0 Å². The number of rotatable bonds is 4. The van der Waals surface area contributed by atoms with Gasteiger partial charge in [0.25, 0.3) is 0 Å². The zero-order chi connectivity index (χ0) is 13.9. The minimum atomic E-state index is 0.175. The zero-order valence-corrected chi connectivity index (χ0v) is 12.0. The van der Waals surface area contributed by atoms with Crippen LogP contribution in [0, 0.1) is 5.92 Å². The number of likely N-dealkylation sites (N-methyl/N-ethyl adjacent to an activating group) is 1. The molecule has 2 fully saturated rings. The third-order valence-corrected chi connectivity index (χ3v) is 4.53. The summed E-state index contributed by atoms with van der Waals surface area (Å²) in [5, 5.41) is 3.45. The van der Waals surface area contributed by atoms with Gasteiger partial charge in [-0.2, -0.15) is 0 Å². The van der Waals surface area contributed by atoms with E-state index in [1.165, 1.54) is 12.8 Å². The molecule has 2 saturated heterocycles. The highest BCUT2D eigenvalue weighted by atomic mass is 16.3. The van der Waals surface area contributed by atoms with E-state index >= 15 is 0 Å². The van der Waals surface area contributed by atoms with Crippen molar-refractivity contribution in [2.45, 2.75) is 25.4 Å². The molecule has 2 aliphatic heterocycles. The molecular weight excluding hydrogens is 254 g/mol. The zero-order valence-electron chi connectivity index (χ0n) is 12.0. The minimum absolute atomic E-state index is 0.175. The summed E-state index contributed by atoms with van der Waals surface area (Å²) in [5.41, 5.74) is 0. The first-order valence-electron chi connectivity index (χ1n) is 7.45. The average molecular weight is 277 g/mol. The molecule has 3 rings (SSSR count). The Morgan fingerprint density at radius 1 is 1.55 bits per heavy atom. The van der Waals surface area contributed by atoms with Crippen molar-refractivity contribution in [1.29, 1.82) is 0 Å². The molecule has 2 aliphatic rings. The number of carbonyl (C=O) groups excluding carboxylic acids is 1. The summed E-state index contributed by atoms with van der Waals surface area (Å²) in [7, 11) is 1.85. The van der Waals surface area contributed by atoms with Gasteiger partial charge in [0.15, 0.2) is 0 Å². The first-order valence-corrected chi connectivity index (χ1v) is 7.45. The van der Waals surface area contributed by atoms with Gasteiger partial charge < -0.3 is 14.6 Å². The predicted octanol–water partition coefficient (Wildman–Crippen LogP) is 0.922. The Kier molecular flexibility index (Phi) is 4.08. The fourth-order valence-electron chi connectivity index (χ4n) is 3.38. The molecule has 0 aliphatic carbocycles. The molecule has 1 aromatic rings. The SMILES string of the molecule is CN(Cc1ccco1)C(=O)CN1CCCC2CNCC21. The lowest BCUT2D eigenvalue weighted by atomic mass is 9.92. The van der Waals surface area contributed by atoms with E-state index in [2.05, 4.69) is 10.2 Å². The predicted molar refractivity (Wildman–Crippen MR) is 76.1 cm³/mol.